The molecule has 1 aliphatic heterocycles. The van der Waals surface area contributed by atoms with Crippen molar-refractivity contribution in [2.45, 2.75) is 6.23 Å². The number of rotatable bonds is 2. The lowest BCUT2D eigenvalue weighted by Crippen LogP contribution is -2.19. The topological polar surface area (TPSA) is 58.6 Å². The molecule has 1 saturated heterocycles. The second-order valence-electron chi connectivity index (χ2n) is 1.94. The summed E-state index contributed by atoms with van der Waals surface area (Å²) in [6.07, 6.45) is 2.34. The normalized spacial score (nSPS) is 25.8. The average Bonchev–Trinajstić information content (AvgIpc) is 2.34. The van der Waals surface area contributed by atoms with Crippen molar-refractivity contribution in [3.8, 4) is 0 Å². The highest BCUT2D eigenvalue weighted by molar-refractivity contribution is 5.79. The monoisotopic (exact) mass is 143 g/mol. The molecule has 2 N–H and O–H groups in total. The molecule has 1 atom stereocenters. The summed E-state index contributed by atoms with van der Waals surface area (Å²) < 4.78 is 5.04. The third kappa shape index (κ3) is 2.16. The quantitative estimate of drug-likeness (QED) is 0.515. The van der Waals surface area contributed by atoms with Gasteiger partial charge < -0.3 is 9.84 Å². The molecule has 0 radical (unpaired) electrons. The van der Waals surface area contributed by atoms with Gasteiger partial charge in [0.2, 0.25) is 0 Å². The number of hydrogen-bond donors (Lipinski definition) is 2. The highest BCUT2D eigenvalue weighted by Crippen LogP contribution is 1.95. The zero-order valence-corrected chi connectivity index (χ0v) is 5.41. The highest BCUT2D eigenvalue weighted by Gasteiger charge is 2.09. The molecule has 0 amide bonds. The number of carbonyl (C=O) groups is 1. The summed E-state index contributed by atoms with van der Waals surface area (Å²) in [7, 11) is 0. The lowest BCUT2D eigenvalue weighted by molar-refractivity contribution is -0.131. The minimum atomic E-state index is -0.947. The predicted octanol–water partition coefficient (Wildman–Crippen LogP) is -0.427. The Morgan fingerprint density at radius 3 is 3.10 bits per heavy atom. The van der Waals surface area contributed by atoms with Gasteiger partial charge in [0.25, 0.3) is 0 Å². The highest BCUT2D eigenvalue weighted by atomic mass is 16.5. The van der Waals surface area contributed by atoms with Crippen molar-refractivity contribution in [1.82, 2.24) is 5.32 Å². The van der Waals surface area contributed by atoms with E-state index in [1.165, 1.54) is 6.08 Å². The molecule has 1 heterocycles. The molecule has 1 rings (SSSR count). The Kier molecular flexibility index (Phi) is 2.42. The molecule has 1 unspecified atom stereocenters. The maximum Gasteiger partial charge on any atom is 0.328 e. The largest absolute Gasteiger partial charge is 0.478 e. The average molecular weight is 143 g/mol. The Bertz CT molecular complexity index is 149. The van der Waals surface area contributed by atoms with Crippen molar-refractivity contribution in [3.05, 3.63) is 12.2 Å². The number of ether oxygens (including phenoxy) is 1. The minimum Gasteiger partial charge on any atom is -0.478 e. The van der Waals surface area contributed by atoms with E-state index in [-0.39, 0.29) is 6.23 Å². The van der Waals surface area contributed by atoms with Gasteiger partial charge in [-0.2, -0.15) is 0 Å². The third-order valence-corrected chi connectivity index (χ3v) is 1.16. The summed E-state index contributed by atoms with van der Waals surface area (Å²) in [6, 6.07) is 0. The molecule has 0 aromatic carbocycles. The van der Waals surface area contributed by atoms with Crippen LogP contribution in [-0.4, -0.2) is 30.5 Å². The zero-order valence-electron chi connectivity index (χ0n) is 5.41. The van der Waals surface area contributed by atoms with Crippen molar-refractivity contribution >= 4 is 5.97 Å². The van der Waals surface area contributed by atoms with Gasteiger partial charge in [-0.15, -0.1) is 0 Å². The van der Waals surface area contributed by atoms with Crippen molar-refractivity contribution in [2.24, 2.45) is 0 Å². The lowest BCUT2D eigenvalue weighted by atomic mass is 10.4. The number of aliphatic carboxylic acids is 1. The smallest absolute Gasteiger partial charge is 0.328 e. The molecular formula is C6H9NO3. The van der Waals surface area contributed by atoms with Gasteiger partial charge in [-0.3, -0.25) is 5.32 Å². The van der Waals surface area contributed by atoms with Crippen LogP contribution in [0.2, 0.25) is 0 Å². The molecule has 56 valence electrons. The fraction of sp³-hybridized carbons (Fsp3) is 0.500. The van der Waals surface area contributed by atoms with Crippen molar-refractivity contribution in [1.29, 1.82) is 0 Å². The van der Waals surface area contributed by atoms with Gasteiger partial charge in [-0.25, -0.2) is 4.79 Å². The van der Waals surface area contributed by atoms with E-state index in [1.54, 1.807) is 0 Å². The molecule has 0 aromatic heterocycles. The van der Waals surface area contributed by atoms with Crippen LogP contribution in [0.3, 0.4) is 0 Å². The van der Waals surface area contributed by atoms with Gasteiger partial charge in [0.15, 0.2) is 0 Å². The van der Waals surface area contributed by atoms with Gasteiger partial charge in [0, 0.05) is 12.6 Å². The summed E-state index contributed by atoms with van der Waals surface area (Å²) >= 11 is 0. The Balaban J connectivity index is 2.29. The summed E-state index contributed by atoms with van der Waals surface area (Å²) in [6.45, 7) is 1.43. The second kappa shape index (κ2) is 3.34. The molecule has 0 saturated carbocycles. The van der Waals surface area contributed by atoms with Gasteiger partial charge in [0.1, 0.15) is 6.23 Å². The number of nitrogens with one attached hydrogen (secondary N) is 1. The van der Waals surface area contributed by atoms with E-state index in [1.807, 2.05) is 0 Å². The van der Waals surface area contributed by atoms with Crippen LogP contribution in [0.4, 0.5) is 0 Å². The maximum absolute atomic E-state index is 9.99. The van der Waals surface area contributed by atoms with Crippen molar-refractivity contribution < 1.29 is 14.6 Å². The van der Waals surface area contributed by atoms with Crippen LogP contribution in [0.5, 0.6) is 0 Å². The van der Waals surface area contributed by atoms with Crippen LogP contribution >= 0.6 is 0 Å². The molecule has 0 spiro atoms. The van der Waals surface area contributed by atoms with Gasteiger partial charge >= 0.3 is 5.97 Å². The van der Waals surface area contributed by atoms with E-state index in [0.29, 0.717) is 6.61 Å². The maximum atomic E-state index is 9.99. The summed E-state index contributed by atoms with van der Waals surface area (Å²) in [4.78, 5) is 9.99. The second-order valence-corrected chi connectivity index (χ2v) is 1.94. The van der Waals surface area contributed by atoms with E-state index >= 15 is 0 Å². The van der Waals surface area contributed by atoms with Gasteiger partial charge in [-0.1, -0.05) is 0 Å². The Hall–Kier alpha value is -0.870. The van der Waals surface area contributed by atoms with E-state index in [2.05, 4.69) is 5.32 Å². The fourth-order valence-electron chi connectivity index (χ4n) is 0.739. The van der Waals surface area contributed by atoms with E-state index in [0.717, 1.165) is 12.6 Å². The van der Waals surface area contributed by atoms with Crippen LogP contribution in [0.15, 0.2) is 12.2 Å². The first kappa shape index (κ1) is 7.24. The number of carboxylic acid groups (broad SMARTS) is 1. The first-order valence-electron chi connectivity index (χ1n) is 3.05. The number of carboxylic acids is 1. The molecule has 10 heavy (non-hydrogen) atoms. The van der Waals surface area contributed by atoms with Crippen molar-refractivity contribution in [3.63, 3.8) is 0 Å². The molecule has 4 nitrogen and oxygen atoms in total. The minimum absolute atomic E-state index is 0.212. The molecule has 0 aromatic rings. The molecule has 4 heteroatoms. The van der Waals surface area contributed by atoms with E-state index in [4.69, 9.17) is 9.84 Å². The van der Waals surface area contributed by atoms with Gasteiger partial charge in [0.05, 0.1) is 6.61 Å². The van der Waals surface area contributed by atoms with Crippen LogP contribution in [0.25, 0.3) is 0 Å². The Labute approximate surface area is 58.5 Å². The van der Waals surface area contributed by atoms with Gasteiger partial charge in [-0.05, 0) is 6.08 Å². The van der Waals surface area contributed by atoms with Crippen LogP contribution in [-0.2, 0) is 9.53 Å². The molecule has 0 aliphatic carbocycles. The van der Waals surface area contributed by atoms with Crippen LogP contribution in [0.1, 0.15) is 0 Å². The molecule has 1 fully saturated rings. The van der Waals surface area contributed by atoms with E-state index < -0.39 is 5.97 Å². The zero-order chi connectivity index (χ0) is 7.40. The molecule has 1 aliphatic rings. The summed E-state index contributed by atoms with van der Waals surface area (Å²) in [5.74, 6) is -0.947. The summed E-state index contributed by atoms with van der Waals surface area (Å²) in [5, 5.41) is 11.1. The van der Waals surface area contributed by atoms with Crippen LogP contribution < -0.4 is 5.32 Å². The Morgan fingerprint density at radius 2 is 2.60 bits per heavy atom. The Morgan fingerprint density at radius 1 is 1.80 bits per heavy atom. The fourth-order valence-corrected chi connectivity index (χ4v) is 0.739. The standard InChI is InChI=1S/C6H9NO3/c8-6(9)2-1-5-7-3-4-10-5/h1-2,5,7H,3-4H2,(H,8,9). The van der Waals surface area contributed by atoms with E-state index in [9.17, 15) is 4.79 Å². The first-order valence-corrected chi connectivity index (χ1v) is 3.05. The van der Waals surface area contributed by atoms with Crippen LogP contribution in [0, 0.1) is 0 Å². The predicted molar refractivity (Wildman–Crippen MR) is 34.5 cm³/mol. The number of hydrogen-bond acceptors (Lipinski definition) is 3. The third-order valence-electron chi connectivity index (χ3n) is 1.16. The first-order chi connectivity index (χ1) is 4.79. The van der Waals surface area contributed by atoms with Crippen molar-refractivity contribution in [2.75, 3.05) is 13.2 Å². The molecule has 0 bridgehead atoms. The molecular weight excluding hydrogens is 134 g/mol. The summed E-state index contributed by atoms with van der Waals surface area (Å²) in [5.41, 5.74) is 0. The lowest BCUT2D eigenvalue weighted by Gasteiger charge is -2.00. The SMILES string of the molecule is O=C(O)C=CC1NCCO1.